The van der Waals surface area contributed by atoms with Gasteiger partial charge in [0.25, 0.3) is 0 Å². The van der Waals surface area contributed by atoms with Crippen molar-refractivity contribution < 1.29 is 9.47 Å². The molecule has 0 unspecified atom stereocenters. The highest BCUT2D eigenvalue weighted by molar-refractivity contribution is 5.32. The maximum absolute atomic E-state index is 6.32. The fraction of sp³-hybridized carbons (Fsp3) is 0.550. The number of aryl methyl sites for hydroxylation is 1. The lowest BCUT2D eigenvalue weighted by atomic mass is 9.89. The lowest BCUT2D eigenvalue weighted by Gasteiger charge is -2.44. The van der Waals surface area contributed by atoms with Crippen LogP contribution in [0.15, 0.2) is 36.8 Å². The Morgan fingerprint density at radius 2 is 2.15 bits per heavy atom. The molecule has 0 aromatic carbocycles. The highest BCUT2D eigenvalue weighted by atomic mass is 16.5. The summed E-state index contributed by atoms with van der Waals surface area (Å²) < 4.78 is 12.3. The third-order valence-electron chi connectivity index (χ3n) is 5.45. The van der Waals surface area contributed by atoms with Crippen LogP contribution in [-0.4, -0.2) is 46.9 Å². The molecule has 6 heteroatoms. The Labute approximate surface area is 154 Å². The monoisotopic (exact) mass is 354 g/mol. The summed E-state index contributed by atoms with van der Waals surface area (Å²) in [7, 11) is 0. The van der Waals surface area contributed by atoms with E-state index >= 15 is 0 Å². The smallest absolute Gasteiger partial charge is 0.225 e. The lowest BCUT2D eigenvalue weighted by Crippen LogP contribution is -2.55. The van der Waals surface area contributed by atoms with Crippen molar-refractivity contribution in [3.8, 4) is 0 Å². The largest absolute Gasteiger partial charge is 0.375 e. The molecule has 0 N–H and O–H groups in total. The van der Waals surface area contributed by atoms with E-state index in [0.717, 1.165) is 43.1 Å². The second kappa shape index (κ2) is 7.68. The second-order valence-electron chi connectivity index (χ2n) is 7.32. The Balaban J connectivity index is 1.39. The van der Waals surface area contributed by atoms with Gasteiger partial charge in [0.1, 0.15) is 0 Å². The molecule has 0 amide bonds. The predicted molar refractivity (Wildman–Crippen MR) is 98.9 cm³/mol. The molecule has 0 bridgehead atoms. The van der Waals surface area contributed by atoms with E-state index in [4.69, 9.17) is 9.47 Å². The summed E-state index contributed by atoms with van der Waals surface area (Å²) in [5.74, 6) is 1.21. The molecule has 2 aromatic rings. The molecular formula is C20H26N4O2. The average Bonchev–Trinajstić information content (AvgIpc) is 3.05. The fourth-order valence-electron chi connectivity index (χ4n) is 4.06. The maximum Gasteiger partial charge on any atom is 0.225 e. The van der Waals surface area contributed by atoms with Crippen LogP contribution in [0.4, 0.5) is 5.95 Å². The number of ether oxygens (including phenoxy) is 2. The third-order valence-corrected chi connectivity index (χ3v) is 5.45. The first-order chi connectivity index (χ1) is 12.8. The van der Waals surface area contributed by atoms with Gasteiger partial charge in [-0.15, -0.1) is 0 Å². The van der Waals surface area contributed by atoms with Gasteiger partial charge in [-0.2, -0.15) is 0 Å². The summed E-state index contributed by atoms with van der Waals surface area (Å²) in [5, 5.41) is 0. The van der Waals surface area contributed by atoms with Gasteiger partial charge in [0.2, 0.25) is 5.95 Å². The highest BCUT2D eigenvalue weighted by Gasteiger charge is 2.47. The van der Waals surface area contributed by atoms with Crippen molar-refractivity contribution in [3.05, 3.63) is 48.0 Å². The lowest BCUT2D eigenvalue weighted by molar-refractivity contribution is -0.101. The zero-order valence-corrected chi connectivity index (χ0v) is 15.3. The fourth-order valence-corrected chi connectivity index (χ4v) is 4.06. The minimum atomic E-state index is -0.142. The number of anilines is 1. The Hall–Kier alpha value is -2.05. The van der Waals surface area contributed by atoms with Crippen molar-refractivity contribution in [3.63, 3.8) is 0 Å². The van der Waals surface area contributed by atoms with Gasteiger partial charge < -0.3 is 14.4 Å². The second-order valence-corrected chi connectivity index (χ2v) is 7.32. The van der Waals surface area contributed by atoms with E-state index < -0.39 is 0 Å². The molecule has 2 aliphatic rings. The molecule has 6 nitrogen and oxygen atoms in total. The van der Waals surface area contributed by atoms with E-state index in [9.17, 15) is 0 Å². The van der Waals surface area contributed by atoms with Crippen LogP contribution in [0.1, 0.15) is 30.5 Å². The maximum atomic E-state index is 6.32. The third kappa shape index (κ3) is 3.71. The molecular weight excluding hydrogens is 328 g/mol. The summed E-state index contributed by atoms with van der Waals surface area (Å²) in [4.78, 5) is 15.6. The van der Waals surface area contributed by atoms with Gasteiger partial charge in [0.15, 0.2) is 0 Å². The van der Waals surface area contributed by atoms with Gasteiger partial charge >= 0.3 is 0 Å². The van der Waals surface area contributed by atoms with Crippen molar-refractivity contribution in [2.24, 2.45) is 5.92 Å². The molecule has 4 rings (SSSR count). The van der Waals surface area contributed by atoms with Crippen molar-refractivity contribution in [2.75, 3.05) is 31.2 Å². The number of nitrogens with zero attached hydrogens (tertiary/aromatic N) is 4. The van der Waals surface area contributed by atoms with Gasteiger partial charge in [-0.1, -0.05) is 12.5 Å². The Kier molecular flexibility index (Phi) is 5.13. The molecule has 1 aliphatic carbocycles. The van der Waals surface area contributed by atoms with E-state index in [2.05, 4.69) is 19.9 Å². The van der Waals surface area contributed by atoms with Crippen LogP contribution in [0.3, 0.4) is 0 Å². The zero-order chi connectivity index (χ0) is 17.8. The topological polar surface area (TPSA) is 60.4 Å². The van der Waals surface area contributed by atoms with Gasteiger partial charge in [-0.25, -0.2) is 9.97 Å². The Bertz CT molecular complexity index is 710. The minimum absolute atomic E-state index is 0.142. The average molecular weight is 354 g/mol. The standard InChI is InChI=1S/C20H26N4O2/c1-16-11-22-19(23-12-16)24-9-10-26-20(15-24)7-4-5-17(20)13-25-14-18-6-2-3-8-21-18/h2-3,6,8,11-12,17H,4-5,7,9-10,13-15H2,1H3/t17-,20+/m0/s1. The van der Waals surface area contributed by atoms with Crippen LogP contribution in [0.25, 0.3) is 0 Å². The number of morpholine rings is 1. The Morgan fingerprint density at radius 1 is 1.27 bits per heavy atom. The first-order valence-electron chi connectivity index (χ1n) is 9.40. The molecule has 1 aliphatic heterocycles. The van der Waals surface area contributed by atoms with Gasteiger partial charge in [-0.05, 0) is 37.5 Å². The van der Waals surface area contributed by atoms with Crippen LogP contribution in [0.5, 0.6) is 0 Å². The normalized spacial score (nSPS) is 25.7. The van der Waals surface area contributed by atoms with Crippen molar-refractivity contribution in [1.29, 1.82) is 0 Å². The van der Waals surface area contributed by atoms with E-state index in [1.54, 1.807) is 6.20 Å². The van der Waals surface area contributed by atoms with Gasteiger partial charge in [0.05, 0.1) is 37.7 Å². The predicted octanol–water partition coefficient (Wildman–Crippen LogP) is 2.77. The van der Waals surface area contributed by atoms with E-state index in [-0.39, 0.29) is 5.60 Å². The summed E-state index contributed by atoms with van der Waals surface area (Å²) in [6.45, 7) is 5.67. The first kappa shape index (κ1) is 17.4. The summed E-state index contributed by atoms with van der Waals surface area (Å²) in [6, 6.07) is 5.91. The summed E-state index contributed by atoms with van der Waals surface area (Å²) >= 11 is 0. The number of aromatic nitrogens is 3. The quantitative estimate of drug-likeness (QED) is 0.823. The number of hydrogen-bond acceptors (Lipinski definition) is 6. The van der Waals surface area contributed by atoms with Gasteiger partial charge in [-0.3, -0.25) is 4.98 Å². The Morgan fingerprint density at radius 3 is 2.96 bits per heavy atom. The highest BCUT2D eigenvalue weighted by Crippen LogP contribution is 2.41. The van der Waals surface area contributed by atoms with Crippen LogP contribution >= 0.6 is 0 Å². The summed E-state index contributed by atoms with van der Waals surface area (Å²) in [5.41, 5.74) is 1.91. The molecule has 1 saturated heterocycles. The van der Waals surface area contributed by atoms with Crippen LogP contribution in [0.2, 0.25) is 0 Å². The molecule has 2 aromatic heterocycles. The number of hydrogen-bond donors (Lipinski definition) is 0. The van der Waals surface area contributed by atoms with Crippen LogP contribution in [-0.2, 0) is 16.1 Å². The summed E-state index contributed by atoms with van der Waals surface area (Å²) in [6.07, 6.45) is 8.97. The number of rotatable bonds is 5. The van der Waals surface area contributed by atoms with E-state index in [0.29, 0.717) is 25.7 Å². The first-order valence-corrected chi connectivity index (χ1v) is 9.40. The molecule has 26 heavy (non-hydrogen) atoms. The van der Waals surface area contributed by atoms with Crippen molar-refractivity contribution in [1.82, 2.24) is 15.0 Å². The molecule has 138 valence electrons. The number of pyridine rings is 1. The molecule has 3 heterocycles. The zero-order valence-electron chi connectivity index (χ0n) is 15.3. The minimum Gasteiger partial charge on any atom is -0.375 e. The molecule has 1 saturated carbocycles. The molecule has 2 atom stereocenters. The van der Waals surface area contributed by atoms with E-state index in [1.807, 2.05) is 37.5 Å². The van der Waals surface area contributed by atoms with Crippen LogP contribution in [0, 0.1) is 12.8 Å². The van der Waals surface area contributed by atoms with Crippen molar-refractivity contribution in [2.45, 2.75) is 38.4 Å². The SMILES string of the molecule is Cc1cnc(N2CCO[C@]3(CCC[C@H]3COCc3ccccn3)C2)nc1. The van der Waals surface area contributed by atoms with Crippen LogP contribution < -0.4 is 4.90 Å². The molecule has 2 fully saturated rings. The molecule has 0 radical (unpaired) electrons. The van der Waals surface area contributed by atoms with Gasteiger partial charge in [0, 0.05) is 31.1 Å². The molecule has 1 spiro atoms. The van der Waals surface area contributed by atoms with Crippen molar-refractivity contribution >= 4 is 5.95 Å². The van der Waals surface area contributed by atoms with E-state index in [1.165, 1.54) is 6.42 Å².